The molecule has 0 aliphatic rings. The quantitative estimate of drug-likeness (QED) is 0.758. The van der Waals surface area contributed by atoms with E-state index in [1.807, 2.05) is 19.1 Å². The number of Topliss-reactive ketones (excluding diaryl/α,β-unsaturated/α-hetero) is 1. The Morgan fingerprint density at radius 2 is 1.75 bits per heavy atom. The first-order valence-corrected chi connectivity index (χ1v) is 8.17. The van der Waals surface area contributed by atoms with Gasteiger partial charge in [-0.2, -0.15) is 0 Å². The second-order valence-corrected chi connectivity index (χ2v) is 5.62. The molecule has 0 heterocycles. The van der Waals surface area contributed by atoms with Crippen LogP contribution in [-0.2, 0) is 11.2 Å². The number of carbonyl (C=O) groups excluding carboxylic acids is 2. The van der Waals surface area contributed by atoms with E-state index in [9.17, 15) is 9.59 Å². The van der Waals surface area contributed by atoms with Gasteiger partial charge in [-0.15, -0.1) is 0 Å². The molecule has 0 atom stereocenters. The Morgan fingerprint density at radius 1 is 1.04 bits per heavy atom. The van der Waals surface area contributed by atoms with Gasteiger partial charge in [0, 0.05) is 18.5 Å². The average Bonchev–Trinajstić information content (AvgIpc) is 2.61. The topological polar surface area (TPSA) is 55.4 Å². The van der Waals surface area contributed by atoms with Crippen molar-refractivity contribution in [1.29, 1.82) is 0 Å². The minimum Gasteiger partial charge on any atom is -0.484 e. The van der Waals surface area contributed by atoms with Crippen molar-refractivity contribution in [3.63, 3.8) is 0 Å². The molecule has 0 aliphatic heterocycles. The van der Waals surface area contributed by atoms with Crippen molar-refractivity contribution < 1.29 is 14.3 Å². The second kappa shape index (κ2) is 8.87. The number of benzene rings is 2. The van der Waals surface area contributed by atoms with Gasteiger partial charge in [-0.1, -0.05) is 31.2 Å². The Kier molecular flexibility index (Phi) is 6.55. The van der Waals surface area contributed by atoms with E-state index in [4.69, 9.17) is 4.74 Å². The molecule has 0 spiro atoms. The monoisotopic (exact) mass is 325 g/mol. The summed E-state index contributed by atoms with van der Waals surface area (Å²) >= 11 is 0. The Hall–Kier alpha value is -2.62. The summed E-state index contributed by atoms with van der Waals surface area (Å²) in [7, 11) is 0. The molecule has 0 saturated heterocycles. The van der Waals surface area contributed by atoms with Crippen molar-refractivity contribution in [3.8, 4) is 5.75 Å². The lowest BCUT2D eigenvalue weighted by Crippen LogP contribution is -2.30. The minimum atomic E-state index is -0.155. The second-order valence-electron chi connectivity index (χ2n) is 5.62. The fraction of sp³-hybridized carbons (Fsp3) is 0.300. The molecule has 0 bridgehead atoms. The highest BCUT2D eigenvalue weighted by Crippen LogP contribution is 2.13. The summed E-state index contributed by atoms with van der Waals surface area (Å²) in [6.45, 7) is 4.44. The van der Waals surface area contributed by atoms with Crippen LogP contribution in [0.25, 0.3) is 0 Å². The van der Waals surface area contributed by atoms with Gasteiger partial charge in [0.05, 0.1) is 0 Å². The molecule has 4 nitrogen and oxygen atoms in total. The number of hydrogen-bond acceptors (Lipinski definition) is 3. The Labute approximate surface area is 142 Å². The first kappa shape index (κ1) is 17.7. The molecule has 2 aromatic carbocycles. The van der Waals surface area contributed by atoms with Gasteiger partial charge in [-0.25, -0.2) is 0 Å². The van der Waals surface area contributed by atoms with E-state index in [1.165, 1.54) is 11.1 Å². The lowest BCUT2D eigenvalue weighted by atomic mass is 10.1. The summed E-state index contributed by atoms with van der Waals surface area (Å²) in [5.74, 6) is 0.518. The maximum atomic E-state index is 11.8. The van der Waals surface area contributed by atoms with E-state index in [0.717, 1.165) is 6.42 Å². The lowest BCUT2D eigenvalue weighted by molar-refractivity contribution is -0.123. The molecule has 0 radical (unpaired) electrons. The van der Waals surface area contributed by atoms with E-state index >= 15 is 0 Å². The molecule has 0 fully saturated rings. The summed E-state index contributed by atoms with van der Waals surface area (Å²) < 4.78 is 5.44. The van der Waals surface area contributed by atoms with Crippen molar-refractivity contribution in [2.45, 2.75) is 26.7 Å². The van der Waals surface area contributed by atoms with Crippen LogP contribution in [0.5, 0.6) is 5.75 Å². The fourth-order valence-electron chi connectivity index (χ4n) is 2.37. The van der Waals surface area contributed by atoms with Gasteiger partial charge in [0.2, 0.25) is 0 Å². The van der Waals surface area contributed by atoms with Crippen molar-refractivity contribution in [1.82, 2.24) is 5.32 Å². The van der Waals surface area contributed by atoms with E-state index < -0.39 is 0 Å². The molecule has 0 aliphatic carbocycles. The molecule has 2 aromatic rings. The molecule has 0 unspecified atom stereocenters. The average molecular weight is 325 g/mol. The zero-order valence-corrected chi connectivity index (χ0v) is 14.2. The fourth-order valence-corrected chi connectivity index (χ4v) is 2.37. The summed E-state index contributed by atoms with van der Waals surface area (Å²) in [5.41, 5.74) is 3.12. The molecule has 0 aromatic heterocycles. The van der Waals surface area contributed by atoms with Gasteiger partial charge in [-0.05, 0) is 48.7 Å². The SMILES string of the molecule is CCC(=O)c1ccc(OCC(=O)NCCc2ccccc2C)cc1. The Bertz CT molecular complexity index is 692. The Morgan fingerprint density at radius 3 is 2.42 bits per heavy atom. The van der Waals surface area contributed by atoms with Crippen LogP contribution in [0, 0.1) is 6.92 Å². The minimum absolute atomic E-state index is 0.0329. The molecule has 0 saturated carbocycles. The van der Waals surface area contributed by atoms with Crippen molar-refractivity contribution >= 4 is 11.7 Å². The van der Waals surface area contributed by atoms with E-state index in [0.29, 0.717) is 24.3 Å². The van der Waals surface area contributed by atoms with Crippen molar-refractivity contribution in [2.75, 3.05) is 13.2 Å². The number of amides is 1. The summed E-state index contributed by atoms with van der Waals surface area (Å²) in [4.78, 5) is 23.4. The van der Waals surface area contributed by atoms with E-state index in [-0.39, 0.29) is 18.3 Å². The third kappa shape index (κ3) is 5.23. The number of hydrogen-bond donors (Lipinski definition) is 1. The zero-order chi connectivity index (χ0) is 17.4. The van der Waals surface area contributed by atoms with Crippen molar-refractivity contribution in [3.05, 3.63) is 65.2 Å². The summed E-state index contributed by atoms with van der Waals surface area (Å²) in [6, 6.07) is 15.0. The molecule has 1 amide bonds. The van der Waals surface area contributed by atoms with Crippen LogP contribution < -0.4 is 10.1 Å². The number of rotatable bonds is 8. The van der Waals surface area contributed by atoms with Crippen LogP contribution in [-0.4, -0.2) is 24.8 Å². The van der Waals surface area contributed by atoms with Gasteiger partial charge < -0.3 is 10.1 Å². The smallest absolute Gasteiger partial charge is 0.257 e. The normalized spacial score (nSPS) is 10.2. The molecule has 2 rings (SSSR count). The predicted molar refractivity (Wildman–Crippen MR) is 94.5 cm³/mol. The first-order chi connectivity index (χ1) is 11.6. The molecule has 24 heavy (non-hydrogen) atoms. The van der Waals surface area contributed by atoms with Gasteiger partial charge >= 0.3 is 0 Å². The van der Waals surface area contributed by atoms with Crippen LogP contribution in [0.2, 0.25) is 0 Å². The summed E-state index contributed by atoms with van der Waals surface area (Å²) in [6.07, 6.45) is 1.27. The zero-order valence-electron chi connectivity index (χ0n) is 14.2. The van der Waals surface area contributed by atoms with Crippen LogP contribution in [0.15, 0.2) is 48.5 Å². The lowest BCUT2D eigenvalue weighted by Gasteiger charge is -2.09. The maximum Gasteiger partial charge on any atom is 0.257 e. The number of ketones is 1. The molecule has 4 heteroatoms. The van der Waals surface area contributed by atoms with Gasteiger partial charge in [0.1, 0.15) is 5.75 Å². The standard InChI is InChI=1S/C20H23NO3/c1-3-19(22)17-8-10-18(11-9-17)24-14-20(23)21-13-12-16-7-5-4-6-15(16)2/h4-11H,3,12-14H2,1-2H3,(H,21,23). The predicted octanol–water partition coefficient (Wildman–Crippen LogP) is 3.33. The van der Waals surface area contributed by atoms with Crippen LogP contribution in [0.3, 0.4) is 0 Å². The number of carbonyl (C=O) groups is 2. The summed E-state index contributed by atoms with van der Waals surface area (Å²) in [5, 5.41) is 2.85. The highest BCUT2D eigenvalue weighted by atomic mass is 16.5. The molecule has 1 N–H and O–H groups in total. The first-order valence-electron chi connectivity index (χ1n) is 8.17. The highest BCUT2D eigenvalue weighted by Gasteiger charge is 2.05. The molecular weight excluding hydrogens is 302 g/mol. The third-order valence-corrected chi connectivity index (χ3v) is 3.85. The number of ether oxygens (including phenoxy) is 1. The van der Waals surface area contributed by atoms with Gasteiger partial charge in [0.25, 0.3) is 5.91 Å². The highest BCUT2D eigenvalue weighted by molar-refractivity contribution is 5.95. The Balaban J connectivity index is 1.73. The van der Waals surface area contributed by atoms with E-state index in [2.05, 4.69) is 24.4 Å². The molecule has 126 valence electrons. The van der Waals surface area contributed by atoms with Crippen molar-refractivity contribution in [2.24, 2.45) is 0 Å². The number of aryl methyl sites for hydroxylation is 1. The van der Waals surface area contributed by atoms with Crippen LogP contribution in [0.4, 0.5) is 0 Å². The van der Waals surface area contributed by atoms with Crippen LogP contribution in [0.1, 0.15) is 34.8 Å². The number of nitrogens with one attached hydrogen (secondary N) is 1. The van der Waals surface area contributed by atoms with Gasteiger partial charge in [0.15, 0.2) is 12.4 Å². The van der Waals surface area contributed by atoms with Gasteiger partial charge in [-0.3, -0.25) is 9.59 Å². The van der Waals surface area contributed by atoms with E-state index in [1.54, 1.807) is 24.3 Å². The van der Waals surface area contributed by atoms with Crippen LogP contribution >= 0.6 is 0 Å². The third-order valence-electron chi connectivity index (χ3n) is 3.85. The largest absolute Gasteiger partial charge is 0.484 e. The molecular formula is C20H23NO3. The maximum absolute atomic E-state index is 11.8.